The van der Waals surface area contributed by atoms with Gasteiger partial charge in [0.05, 0.1) is 27.5 Å². The minimum absolute atomic E-state index is 0.631. The second-order valence-electron chi connectivity index (χ2n) is 3.54. The van der Waals surface area contributed by atoms with Gasteiger partial charge in [-0.15, -0.1) is 0 Å². The van der Waals surface area contributed by atoms with Gasteiger partial charge in [0.2, 0.25) is 0 Å². The Morgan fingerprint density at radius 3 is 1.94 bits per heavy atom. The lowest BCUT2D eigenvalue weighted by Crippen LogP contribution is -2.03. The maximum absolute atomic E-state index is 5.27. The summed E-state index contributed by atoms with van der Waals surface area (Å²) in [5.41, 5.74) is 0.832. The summed E-state index contributed by atoms with van der Waals surface area (Å²) in [4.78, 5) is 0. The molecule has 0 aromatic heterocycles. The summed E-state index contributed by atoms with van der Waals surface area (Å²) in [7, 11) is 8.49. The largest absolute Gasteiger partial charge is 0.496 e. The quantitative estimate of drug-likeness (QED) is 0.577. The molecule has 0 unspecified atom stereocenters. The zero-order chi connectivity index (χ0) is 12.8. The molecule has 0 spiro atoms. The van der Waals surface area contributed by atoms with Crippen molar-refractivity contribution >= 4 is 6.21 Å². The first-order chi connectivity index (χ1) is 8.12. The lowest BCUT2D eigenvalue weighted by atomic mass is 10.2. The summed E-state index contributed by atoms with van der Waals surface area (Å²) in [6.07, 6.45) is 1.71. The van der Waals surface area contributed by atoms with Gasteiger partial charge in [-0.1, -0.05) is 0 Å². The van der Waals surface area contributed by atoms with Crippen LogP contribution in [0.1, 0.15) is 5.56 Å². The highest BCUT2D eigenvalue weighted by Crippen LogP contribution is 2.33. The van der Waals surface area contributed by atoms with Crippen molar-refractivity contribution in [2.75, 3.05) is 35.4 Å². The molecule has 0 aliphatic carbocycles. The third-order valence-electron chi connectivity index (χ3n) is 2.16. The van der Waals surface area contributed by atoms with Crippen LogP contribution in [0.4, 0.5) is 0 Å². The van der Waals surface area contributed by atoms with E-state index >= 15 is 0 Å². The van der Waals surface area contributed by atoms with Crippen LogP contribution in [0, 0.1) is 0 Å². The van der Waals surface area contributed by atoms with Crippen molar-refractivity contribution in [3.8, 4) is 17.2 Å². The summed E-state index contributed by atoms with van der Waals surface area (Å²) in [6, 6.07) is 3.60. The number of methoxy groups -OCH3 is 3. The highest BCUT2D eigenvalue weighted by molar-refractivity contribution is 5.85. The van der Waals surface area contributed by atoms with Gasteiger partial charge in [0.1, 0.15) is 5.75 Å². The summed E-state index contributed by atoms with van der Waals surface area (Å²) in [5, 5.41) is 5.87. The molecule has 0 N–H and O–H groups in total. The van der Waals surface area contributed by atoms with Gasteiger partial charge in [-0.2, -0.15) is 5.10 Å². The van der Waals surface area contributed by atoms with Gasteiger partial charge >= 0.3 is 0 Å². The summed E-state index contributed by atoms with van der Waals surface area (Å²) < 4.78 is 15.7. The average molecular weight is 238 g/mol. The predicted octanol–water partition coefficient (Wildman–Crippen LogP) is 1.61. The van der Waals surface area contributed by atoms with E-state index in [1.54, 1.807) is 38.6 Å². The smallest absolute Gasteiger partial charge is 0.164 e. The van der Waals surface area contributed by atoms with Crippen molar-refractivity contribution in [3.05, 3.63) is 17.7 Å². The van der Waals surface area contributed by atoms with E-state index in [4.69, 9.17) is 14.2 Å². The average Bonchev–Trinajstić information content (AvgIpc) is 2.34. The molecule has 0 saturated heterocycles. The van der Waals surface area contributed by atoms with Crippen LogP contribution < -0.4 is 14.2 Å². The fourth-order valence-electron chi connectivity index (χ4n) is 1.33. The van der Waals surface area contributed by atoms with E-state index in [-0.39, 0.29) is 0 Å². The molecule has 1 aromatic rings. The first-order valence-corrected chi connectivity index (χ1v) is 5.13. The standard InChI is InChI=1S/C12H18N2O3/c1-14(2)13-8-9-6-11(16-4)12(17-5)7-10(9)15-3/h6-8H,1-5H3. The van der Waals surface area contributed by atoms with Crippen molar-refractivity contribution in [1.29, 1.82) is 0 Å². The fourth-order valence-corrected chi connectivity index (χ4v) is 1.33. The highest BCUT2D eigenvalue weighted by atomic mass is 16.5. The zero-order valence-electron chi connectivity index (χ0n) is 10.9. The van der Waals surface area contributed by atoms with E-state index in [0.29, 0.717) is 17.2 Å². The molecule has 0 fully saturated rings. The molecular weight excluding hydrogens is 220 g/mol. The topological polar surface area (TPSA) is 43.3 Å². The van der Waals surface area contributed by atoms with Crippen molar-refractivity contribution in [2.24, 2.45) is 5.10 Å². The minimum Gasteiger partial charge on any atom is -0.496 e. The van der Waals surface area contributed by atoms with Crippen LogP contribution in [0.25, 0.3) is 0 Å². The normalized spacial score (nSPS) is 10.4. The van der Waals surface area contributed by atoms with Crippen LogP contribution in [0.15, 0.2) is 17.2 Å². The molecule has 1 rings (SSSR count). The van der Waals surface area contributed by atoms with E-state index in [2.05, 4.69) is 5.10 Å². The third kappa shape index (κ3) is 3.27. The van der Waals surface area contributed by atoms with Crippen molar-refractivity contribution < 1.29 is 14.2 Å². The first kappa shape index (κ1) is 13.2. The predicted molar refractivity (Wildman–Crippen MR) is 67.4 cm³/mol. The van der Waals surface area contributed by atoms with Gasteiger partial charge in [0.25, 0.3) is 0 Å². The maximum atomic E-state index is 5.27. The molecule has 0 atom stereocenters. The first-order valence-electron chi connectivity index (χ1n) is 5.13. The number of ether oxygens (including phenoxy) is 3. The molecule has 0 aliphatic heterocycles. The Balaban J connectivity index is 3.19. The number of rotatable bonds is 5. The van der Waals surface area contributed by atoms with E-state index in [0.717, 1.165) is 5.56 Å². The highest BCUT2D eigenvalue weighted by Gasteiger charge is 2.10. The Bertz CT molecular complexity index is 403. The number of nitrogens with zero attached hydrogens (tertiary/aromatic N) is 2. The fraction of sp³-hybridized carbons (Fsp3) is 0.417. The van der Waals surface area contributed by atoms with Crippen molar-refractivity contribution in [3.63, 3.8) is 0 Å². The zero-order valence-corrected chi connectivity index (χ0v) is 10.9. The van der Waals surface area contributed by atoms with E-state index in [1.165, 1.54) is 0 Å². The lowest BCUT2D eigenvalue weighted by molar-refractivity contribution is 0.348. The lowest BCUT2D eigenvalue weighted by Gasteiger charge is -2.12. The minimum atomic E-state index is 0.631. The number of hydrogen-bond donors (Lipinski definition) is 0. The van der Waals surface area contributed by atoms with E-state index in [1.807, 2.05) is 20.2 Å². The summed E-state index contributed by atoms with van der Waals surface area (Å²) >= 11 is 0. The van der Waals surface area contributed by atoms with E-state index in [9.17, 15) is 0 Å². The molecule has 5 heteroatoms. The van der Waals surface area contributed by atoms with Crippen LogP contribution >= 0.6 is 0 Å². The van der Waals surface area contributed by atoms with Crippen molar-refractivity contribution in [2.45, 2.75) is 0 Å². The molecule has 0 bridgehead atoms. The van der Waals surface area contributed by atoms with Gasteiger partial charge in [0, 0.05) is 25.7 Å². The Morgan fingerprint density at radius 1 is 0.941 bits per heavy atom. The summed E-state index contributed by atoms with van der Waals surface area (Å²) in [6.45, 7) is 0. The van der Waals surface area contributed by atoms with Crippen LogP contribution in [0.5, 0.6) is 17.2 Å². The molecule has 17 heavy (non-hydrogen) atoms. The molecule has 94 valence electrons. The molecule has 0 saturated carbocycles. The molecule has 0 aliphatic rings. The Hall–Kier alpha value is -1.91. The van der Waals surface area contributed by atoms with Gasteiger partial charge in [-0.05, 0) is 6.07 Å². The molecular formula is C12H18N2O3. The molecule has 0 radical (unpaired) electrons. The van der Waals surface area contributed by atoms with Crippen LogP contribution in [-0.4, -0.2) is 46.6 Å². The monoisotopic (exact) mass is 238 g/mol. The van der Waals surface area contributed by atoms with Gasteiger partial charge < -0.3 is 19.2 Å². The van der Waals surface area contributed by atoms with Gasteiger partial charge in [0.15, 0.2) is 11.5 Å². The SMILES string of the molecule is COc1cc(OC)c(OC)cc1C=NN(C)C. The second-order valence-corrected chi connectivity index (χ2v) is 3.54. The van der Waals surface area contributed by atoms with Crippen LogP contribution in [0.2, 0.25) is 0 Å². The van der Waals surface area contributed by atoms with Crippen LogP contribution in [0.3, 0.4) is 0 Å². The van der Waals surface area contributed by atoms with E-state index < -0.39 is 0 Å². The van der Waals surface area contributed by atoms with Crippen molar-refractivity contribution in [1.82, 2.24) is 5.01 Å². The molecule has 5 nitrogen and oxygen atoms in total. The Labute approximate surface area is 102 Å². The number of benzene rings is 1. The molecule has 1 aromatic carbocycles. The Morgan fingerprint density at radius 2 is 1.47 bits per heavy atom. The Kier molecular flexibility index (Phi) is 4.63. The third-order valence-corrected chi connectivity index (χ3v) is 2.16. The van der Waals surface area contributed by atoms with Crippen LogP contribution in [-0.2, 0) is 0 Å². The second kappa shape index (κ2) is 5.98. The molecule has 0 amide bonds. The van der Waals surface area contributed by atoms with Gasteiger partial charge in [-0.3, -0.25) is 0 Å². The summed E-state index contributed by atoms with van der Waals surface area (Å²) in [5.74, 6) is 1.97. The number of hydrazone groups is 1. The molecule has 0 heterocycles. The maximum Gasteiger partial charge on any atom is 0.164 e. The van der Waals surface area contributed by atoms with Gasteiger partial charge in [-0.25, -0.2) is 0 Å². The number of hydrogen-bond acceptors (Lipinski definition) is 5.